The second-order valence-corrected chi connectivity index (χ2v) is 7.57. The van der Waals surface area contributed by atoms with Crippen LogP contribution in [0.5, 0.6) is 0 Å². The van der Waals surface area contributed by atoms with Crippen LogP contribution in [0.25, 0.3) is 27.5 Å². The van der Waals surface area contributed by atoms with Gasteiger partial charge in [-0.05, 0) is 24.3 Å². The average molecular weight is 411 g/mol. The Kier molecular flexibility index (Phi) is 4.78. The van der Waals surface area contributed by atoms with E-state index >= 15 is 0 Å². The molecule has 4 heterocycles. The van der Waals surface area contributed by atoms with E-state index in [4.69, 9.17) is 4.98 Å². The van der Waals surface area contributed by atoms with Gasteiger partial charge in [0.2, 0.25) is 5.91 Å². The highest BCUT2D eigenvalue weighted by Gasteiger charge is 2.17. The Labute approximate surface area is 176 Å². The summed E-state index contributed by atoms with van der Waals surface area (Å²) in [6.45, 7) is 0. The lowest BCUT2D eigenvalue weighted by molar-refractivity contribution is -0.115. The number of nitrogens with one attached hydrogen (secondary N) is 1. The van der Waals surface area contributed by atoms with Gasteiger partial charge in [0.1, 0.15) is 22.2 Å². The highest BCUT2D eigenvalue weighted by molar-refractivity contribution is 7.13. The smallest absolute Gasteiger partial charge is 0.231 e. The maximum absolute atomic E-state index is 12.9. The van der Waals surface area contributed by atoms with Crippen LogP contribution in [0.1, 0.15) is 5.69 Å². The highest BCUT2D eigenvalue weighted by Crippen LogP contribution is 2.29. The molecule has 0 bridgehead atoms. The molecule has 30 heavy (non-hydrogen) atoms. The molecule has 5 aromatic rings. The number of aromatic nitrogens is 4. The minimum absolute atomic E-state index is 0.138. The van der Waals surface area contributed by atoms with Crippen LogP contribution in [0, 0.1) is 0 Å². The molecule has 0 spiro atoms. The van der Waals surface area contributed by atoms with Crippen LogP contribution in [-0.4, -0.2) is 25.3 Å². The van der Waals surface area contributed by atoms with Crippen LogP contribution in [-0.2, 0) is 11.2 Å². The molecule has 6 nitrogen and oxygen atoms in total. The lowest BCUT2D eigenvalue weighted by Gasteiger charge is -2.07. The third-order valence-electron chi connectivity index (χ3n) is 4.64. The van der Waals surface area contributed by atoms with Crippen molar-refractivity contribution in [3.8, 4) is 21.8 Å². The SMILES string of the molecule is O=C(Cc1csc(-c2cccnc2)n1)Nc1c(-c2ccccc2)nc2ccccn12. The predicted octanol–water partition coefficient (Wildman–Crippen LogP) is 4.70. The molecule has 0 atom stereocenters. The van der Waals surface area contributed by atoms with E-state index in [1.165, 1.54) is 11.3 Å². The van der Waals surface area contributed by atoms with E-state index in [1.54, 1.807) is 12.4 Å². The molecule has 0 radical (unpaired) electrons. The Balaban J connectivity index is 1.42. The zero-order valence-electron chi connectivity index (χ0n) is 15.9. The number of pyridine rings is 2. The molecule has 1 amide bonds. The molecule has 0 aliphatic rings. The summed E-state index contributed by atoms with van der Waals surface area (Å²) in [5, 5.41) is 5.81. The standard InChI is InChI=1S/C23H17N5OS/c29-20(13-18-15-30-23(25-18)17-9-6-11-24-14-17)27-22-21(16-7-2-1-3-8-16)26-19-10-4-5-12-28(19)22/h1-12,14-15H,13H2,(H,27,29). The normalized spacial score (nSPS) is 10.9. The number of benzene rings is 1. The number of nitrogens with zero attached hydrogens (tertiary/aromatic N) is 4. The van der Waals surface area contributed by atoms with E-state index in [9.17, 15) is 4.79 Å². The Morgan fingerprint density at radius 1 is 0.967 bits per heavy atom. The number of hydrogen-bond acceptors (Lipinski definition) is 5. The van der Waals surface area contributed by atoms with Gasteiger partial charge >= 0.3 is 0 Å². The van der Waals surface area contributed by atoms with Crippen molar-refractivity contribution < 1.29 is 4.79 Å². The minimum atomic E-state index is -0.138. The van der Waals surface area contributed by atoms with E-state index in [0.717, 1.165) is 33.2 Å². The Morgan fingerprint density at radius 3 is 2.63 bits per heavy atom. The van der Waals surface area contributed by atoms with Crippen molar-refractivity contribution >= 4 is 28.7 Å². The molecule has 0 aliphatic carbocycles. The molecule has 0 unspecified atom stereocenters. The van der Waals surface area contributed by atoms with Gasteiger partial charge in [0.25, 0.3) is 0 Å². The summed E-state index contributed by atoms with van der Waals surface area (Å²) in [5.41, 5.74) is 4.14. The summed E-state index contributed by atoms with van der Waals surface area (Å²) in [6.07, 6.45) is 5.58. The number of hydrogen-bond donors (Lipinski definition) is 1. The molecular weight excluding hydrogens is 394 g/mol. The summed E-state index contributed by atoms with van der Waals surface area (Å²) in [5.74, 6) is 0.519. The lowest BCUT2D eigenvalue weighted by atomic mass is 10.1. The zero-order valence-corrected chi connectivity index (χ0v) is 16.7. The molecule has 5 rings (SSSR count). The predicted molar refractivity (Wildman–Crippen MR) is 118 cm³/mol. The number of imidazole rings is 1. The number of anilines is 1. The van der Waals surface area contributed by atoms with Gasteiger partial charge in [-0.3, -0.25) is 14.2 Å². The van der Waals surface area contributed by atoms with Gasteiger partial charge in [-0.15, -0.1) is 11.3 Å². The van der Waals surface area contributed by atoms with Gasteiger partial charge in [0.05, 0.1) is 12.1 Å². The molecule has 4 aromatic heterocycles. The number of carbonyl (C=O) groups excluding carboxylic acids is 1. The van der Waals surface area contributed by atoms with Crippen LogP contribution < -0.4 is 5.32 Å². The molecular formula is C23H17N5OS. The molecule has 0 fully saturated rings. The van der Waals surface area contributed by atoms with Crippen molar-refractivity contribution in [2.45, 2.75) is 6.42 Å². The van der Waals surface area contributed by atoms with Crippen LogP contribution >= 0.6 is 11.3 Å². The summed E-state index contributed by atoms with van der Waals surface area (Å²) >= 11 is 1.51. The van der Waals surface area contributed by atoms with Crippen LogP contribution in [0.2, 0.25) is 0 Å². The second kappa shape index (κ2) is 7.88. The first-order chi connectivity index (χ1) is 14.8. The van der Waals surface area contributed by atoms with Crippen molar-refractivity contribution in [2.75, 3.05) is 5.32 Å². The number of rotatable bonds is 5. The number of amides is 1. The fourth-order valence-corrected chi connectivity index (χ4v) is 4.07. The molecule has 1 N–H and O–H groups in total. The molecule has 146 valence electrons. The van der Waals surface area contributed by atoms with Gasteiger partial charge in [0.15, 0.2) is 0 Å². The first kappa shape index (κ1) is 18.2. The third-order valence-corrected chi connectivity index (χ3v) is 5.58. The van der Waals surface area contributed by atoms with Crippen molar-refractivity contribution in [2.24, 2.45) is 0 Å². The van der Waals surface area contributed by atoms with Crippen molar-refractivity contribution in [3.63, 3.8) is 0 Å². The number of carbonyl (C=O) groups is 1. The van der Waals surface area contributed by atoms with E-state index in [1.807, 2.05) is 76.6 Å². The fraction of sp³-hybridized carbons (Fsp3) is 0.0435. The molecule has 1 aromatic carbocycles. The molecule has 0 aliphatic heterocycles. The van der Waals surface area contributed by atoms with E-state index in [2.05, 4.69) is 15.3 Å². The summed E-state index contributed by atoms with van der Waals surface area (Å²) in [7, 11) is 0. The summed E-state index contributed by atoms with van der Waals surface area (Å²) in [6, 6.07) is 19.4. The Bertz CT molecular complexity index is 1310. The van der Waals surface area contributed by atoms with Gasteiger partial charge in [-0.25, -0.2) is 9.97 Å². The second-order valence-electron chi connectivity index (χ2n) is 6.71. The zero-order chi connectivity index (χ0) is 20.3. The summed E-state index contributed by atoms with van der Waals surface area (Å²) < 4.78 is 1.89. The monoisotopic (exact) mass is 411 g/mol. The Morgan fingerprint density at radius 2 is 1.80 bits per heavy atom. The average Bonchev–Trinajstić information content (AvgIpc) is 3.40. The number of fused-ring (bicyclic) bond motifs is 1. The fourth-order valence-electron chi connectivity index (χ4n) is 3.26. The first-order valence-electron chi connectivity index (χ1n) is 9.45. The van der Waals surface area contributed by atoms with Gasteiger partial charge in [0, 0.05) is 35.1 Å². The van der Waals surface area contributed by atoms with Crippen molar-refractivity contribution in [3.05, 3.63) is 90.3 Å². The van der Waals surface area contributed by atoms with Gasteiger partial charge < -0.3 is 5.32 Å². The molecule has 0 saturated carbocycles. The van der Waals surface area contributed by atoms with E-state index in [-0.39, 0.29) is 12.3 Å². The van der Waals surface area contributed by atoms with E-state index in [0.29, 0.717) is 5.82 Å². The van der Waals surface area contributed by atoms with Crippen molar-refractivity contribution in [1.29, 1.82) is 0 Å². The Hall–Kier alpha value is -3.84. The third kappa shape index (κ3) is 3.58. The van der Waals surface area contributed by atoms with Gasteiger partial charge in [-0.2, -0.15) is 0 Å². The quantitative estimate of drug-likeness (QED) is 0.455. The largest absolute Gasteiger partial charge is 0.310 e. The lowest BCUT2D eigenvalue weighted by Crippen LogP contribution is -2.16. The minimum Gasteiger partial charge on any atom is -0.310 e. The van der Waals surface area contributed by atoms with Crippen molar-refractivity contribution in [1.82, 2.24) is 19.4 Å². The maximum atomic E-state index is 12.9. The molecule has 7 heteroatoms. The van der Waals surface area contributed by atoms with Gasteiger partial charge in [-0.1, -0.05) is 36.4 Å². The topological polar surface area (TPSA) is 72.2 Å². The van der Waals surface area contributed by atoms with E-state index < -0.39 is 0 Å². The molecule has 0 saturated heterocycles. The highest BCUT2D eigenvalue weighted by atomic mass is 32.1. The number of thiazole rings is 1. The van der Waals surface area contributed by atoms with Crippen LogP contribution in [0.3, 0.4) is 0 Å². The summed E-state index contributed by atoms with van der Waals surface area (Å²) in [4.78, 5) is 26.3. The van der Waals surface area contributed by atoms with Crippen LogP contribution in [0.4, 0.5) is 5.82 Å². The first-order valence-corrected chi connectivity index (χ1v) is 10.3. The maximum Gasteiger partial charge on any atom is 0.231 e. The van der Waals surface area contributed by atoms with Crippen LogP contribution in [0.15, 0.2) is 84.6 Å².